The van der Waals surface area contributed by atoms with Crippen molar-refractivity contribution in [1.29, 1.82) is 0 Å². The van der Waals surface area contributed by atoms with Crippen molar-refractivity contribution >= 4 is 0 Å². The van der Waals surface area contributed by atoms with Gasteiger partial charge in [-0.05, 0) is 30.7 Å². The molecule has 1 nitrogen and oxygen atoms in total. The van der Waals surface area contributed by atoms with E-state index in [0.717, 1.165) is 0 Å². The molecule has 0 heterocycles. The van der Waals surface area contributed by atoms with Gasteiger partial charge in [0.05, 0.1) is 0 Å². The Balaban J connectivity index is 0. The second-order valence-electron chi connectivity index (χ2n) is 1.93. The first-order chi connectivity index (χ1) is 6.20. The van der Waals surface area contributed by atoms with E-state index >= 15 is 0 Å². The van der Waals surface area contributed by atoms with Crippen molar-refractivity contribution < 1.29 is 9.50 Å². The fourth-order valence-electron chi connectivity index (χ4n) is 0.629. The van der Waals surface area contributed by atoms with Crippen LogP contribution >= 0.6 is 0 Å². The van der Waals surface area contributed by atoms with E-state index in [0.29, 0.717) is 5.56 Å². The molecular weight excluding hydrogens is 167 g/mol. The number of aryl methyl sites for hydroxylation is 1. The molecule has 0 radical (unpaired) electrons. The van der Waals surface area contributed by atoms with Crippen molar-refractivity contribution in [2.45, 2.75) is 34.6 Å². The Morgan fingerprint density at radius 3 is 1.85 bits per heavy atom. The van der Waals surface area contributed by atoms with E-state index in [1.165, 1.54) is 18.2 Å². The molecule has 0 aliphatic rings. The Hall–Kier alpha value is -1.05. The van der Waals surface area contributed by atoms with Crippen LogP contribution in [0.4, 0.5) is 4.39 Å². The van der Waals surface area contributed by atoms with E-state index in [9.17, 15) is 4.39 Å². The molecule has 0 aliphatic heterocycles. The van der Waals surface area contributed by atoms with Gasteiger partial charge in [0.15, 0.2) is 0 Å². The van der Waals surface area contributed by atoms with Gasteiger partial charge in [0.2, 0.25) is 0 Å². The van der Waals surface area contributed by atoms with E-state index in [2.05, 4.69) is 0 Å². The average Bonchev–Trinajstić information content (AvgIpc) is 2.18. The maximum atomic E-state index is 12.4. The van der Waals surface area contributed by atoms with Crippen LogP contribution in [-0.4, -0.2) is 5.11 Å². The molecule has 0 amide bonds. The molecule has 1 rings (SSSR count). The smallest absolute Gasteiger partial charge is 0.126 e. The summed E-state index contributed by atoms with van der Waals surface area (Å²) in [7, 11) is 0. The molecule has 13 heavy (non-hydrogen) atoms. The molecule has 0 aliphatic carbocycles. The lowest BCUT2D eigenvalue weighted by atomic mass is 10.2. The standard InChI is InChI=1S/C7H7FO.2C2H6/c1-5-4-6(9)2-3-7(5)8;2*1-2/h2-4,9H,1H3;2*1-2H3. The van der Waals surface area contributed by atoms with Gasteiger partial charge in [-0.25, -0.2) is 4.39 Å². The zero-order chi connectivity index (χ0) is 10.9. The number of hydrogen-bond acceptors (Lipinski definition) is 1. The van der Waals surface area contributed by atoms with Gasteiger partial charge in [0.25, 0.3) is 0 Å². The van der Waals surface area contributed by atoms with E-state index < -0.39 is 0 Å². The normalized spacial score (nSPS) is 7.54. The summed E-state index contributed by atoms with van der Waals surface area (Å²) in [6, 6.07) is 3.95. The Bertz CT molecular complexity index is 221. The van der Waals surface area contributed by atoms with Crippen LogP contribution in [0.25, 0.3) is 0 Å². The summed E-state index contributed by atoms with van der Waals surface area (Å²) < 4.78 is 12.4. The Labute approximate surface area is 80.2 Å². The largest absolute Gasteiger partial charge is 0.508 e. The van der Waals surface area contributed by atoms with Crippen LogP contribution in [0.2, 0.25) is 0 Å². The highest BCUT2D eigenvalue weighted by Gasteiger charge is 1.94. The van der Waals surface area contributed by atoms with E-state index in [4.69, 9.17) is 5.11 Å². The van der Waals surface area contributed by atoms with E-state index in [1.807, 2.05) is 27.7 Å². The quantitative estimate of drug-likeness (QED) is 0.651. The van der Waals surface area contributed by atoms with Crippen LogP contribution < -0.4 is 0 Å². The molecule has 0 saturated carbocycles. The van der Waals surface area contributed by atoms with Gasteiger partial charge in [0.1, 0.15) is 11.6 Å². The van der Waals surface area contributed by atoms with Gasteiger partial charge in [-0.1, -0.05) is 27.7 Å². The van der Waals surface area contributed by atoms with Crippen LogP contribution in [-0.2, 0) is 0 Å². The average molecular weight is 186 g/mol. The third-order valence-corrected chi connectivity index (χ3v) is 1.14. The molecule has 1 aromatic carbocycles. The lowest BCUT2D eigenvalue weighted by Crippen LogP contribution is -1.78. The predicted octanol–water partition coefficient (Wildman–Crippen LogP) is 3.89. The van der Waals surface area contributed by atoms with Crippen LogP contribution in [0.3, 0.4) is 0 Å². The highest BCUT2D eigenvalue weighted by atomic mass is 19.1. The highest BCUT2D eigenvalue weighted by Crippen LogP contribution is 2.13. The van der Waals surface area contributed by atoms with Crippen molar-refractivity contribution in [3.8, 4) is 5.75 Å². The van der Waals surface area contributed by atoms with E-state index in [1.54, 1.807) is 6.92 Å². The van der Waals surface area contributed by atoms with Gasteiger partial charge >= 0.3 is 0 Å². The Morgan fingerprint density at radius 1 is 1.08 bits per heavy atom. The van der Waals surface area contributed by atoms with Crippen molar-refractivity contribution in [3.05, 3.63) is 29.6 Å². The van der Waals surface area contributed by atoms with Crippen LogP contribution in [0.1, 0.15) is 33.3 Å². The molecule has 0 spiro atoms. The molecule has 0 aromatic heterocycles. The molecule has 76 valence electrons. The summed E-state index contributed by atoms with van der Waals surface area (Å²) in [6.45, 7) is 9.61. The minimum Gasteiger partial charge on any atom is -0.508 e. The van der Waals surface area contributed by atoms with Gasteiger partial charge in [0, 0.05) is 0 Å². The topological polar surface area (TPSA) is 20.2 Å². The van der Waals surface area contributed by atoms with Crippen molar-refractivity contribution in [3.63, 3.8) is 0 Å². The molecule has 1 aromatic rings. The highest BCUT2D eigenvalue weighted by molar-refractivity contribution is 5.27. The summed E-state index contributed by atoms with van der Waals surface area (Å²) in [5.74, 6) is -0.179. The minimum absolute atomic E-state index is 0.105. The molecule has 2 heteroatoms. The second-order valence-corrected chi connectivity index (χ2v) is 1.93. The molecule has 0 unspecified atom stereocenters. The van der Waals surface area contributed by atoms with Gasteiger partial charge < -0.3 is 5.11 Å². The summed E-state index contributed by atoms with van der Waals surface area (Å²) in [5.41, 5.74) is 0.468. The first-order valence-electron chi connectivity index (χ1n) is 4.65. The number of rotatable bonds is 0. The predicted molar refractivity (Wildman–Crippen MR) is 55.5 cm³/mol. The number of halogens is 1. The number of aromatic hydroxyl groups is 1. The Kier molecular flexibility index (Phi) is 10.1. The van der Waals surface area contributed by atoms with Crippen molar-refractivity contribution in [2.75, 3.05) is 0 Å². The number of hydrogen-bond donors (Lipinski definition) is 1. The fourth-order valence-corrected chi connectivity index (χ4v) is 0.629. The van der Waals surface area contributed by atoms with Crippen LogP contribution in [0, 0.1) is 12.7 Å². The van der Waals surface area contributed by atoms with Crippen molar-refractivity contribution in [2.24, 2.45) is 0 Å². The van der Waals surface area contributed by atoms with Crippen LogP contribution in [0.15, 0.2) is 18.2 Å². The zero-order valence-electron chi connectivity index (χ0n) is 9.06. The maximum Gasteiger partial charge on any atom is 0.126 e. The molecule has 0 fully saturated rings. The summed E-state index contributed by atoms with van der Waals surface area (Å²) in [4.78, 5) is 0. The fraction of sp³-hybridized carbons (Fsp3) is 0.455. The van der Waals surface area contributed by atoms with Crippen molar-refractivity contribution in [1.82, 2.24) is 0 Å². The molecular formula is C11H19FO. The number of phenols is 1. The first kappa shape index (κ1) is 14.5. The molecule has 1 N–H and O–H groups in total. The van der Waals surface area contributed by atoms with Gasteiger partial charge in [-0.15, -0.1) is 0 Å². The zero-order valence-corrected chi connectivity index (χ0v) is 9.06. The monoisotopic (exact) mass is 186 g/mol. The summed E-state index contributed by atoms with van der Waals surface area (Å²) in [5, 5.41) is 8.77. The maximum absolute atomic E-state index is 12.4. The lowest BCUT2D eigenvalue weighted by molar-refractivity contribution is 0.472. The number of phenolic OH excluding ortho intramolecular Hbond substituents is 1. The first-order valence-corrected chi connectivity index (χ1v) is 4.65. The third kappa shape index (κ3) is 6.14. The van der Waals surface area contributed by atoms with Gasteiger partial charge in [-0.3, -0.25) is 0 Å². The minimum atomic E-state index is -0.284. The van der Waals surface area contributed by atoms with Gasteiger partial charge in [-0.2, -0.15) is 0 Å². The SMILES string of the molecule is CC.CC.Cc1cc(O)ccc1F. The molecule has 0 bridgehead atoms. The molecule has 0 atom stereocenters. The lowest BCUT2D eigenvalue weighted by Gasteiger charge is -1.94. The summed E-state index contributed by atoms with van der Waals surface area (Å²) in [6.07, 6.45) is 0. The van der Waals surface area contributed by atoms with E-state index in [-0.39, 0.29) is 11.6 Å². The third-order valence-electron chi connectivity index (χ3n) is 1.14. The summed E-state index contributed by atoms with van der Waals surface area (Å²) >= 11 is 0. The second kappa shape index (κ2) is 9.04. The van der Waals surface area contributed by atoms with Crippen LogP contribution in [0.5, 0.6) is 5.75 Å². The molecule has 0 saturated heterocycles. The Morgan fingerprint density at radius 2 is 1.54 bits per heavy atom. The number of benzene rings is 1.